The van der Waals surface area contributed by atoms with E-state index < -0.39 is 0 Å². The molecule has 0 saturated heterocycles. The molecule has 1 unspecified atom stereocenters. The Labute approximate surface area is 73.0 Å². The highest BCUT2D eigenvalue weighted by atomic mass is 16.3. The standard InChI is InChI=1S/C10H16O2/c1-9(2)6-4-8(12)10(9,3)5-7(6)11/h6-7,11H,4-5H2,1-3H3/t6-,7?,10-/m0/s1. The fourth-order valence-corrected chi connectivity index (χ4v) is 3.00. The van der Waals surface area contributed by atoms with Gasteiger partial charge in [0.1, 0.15) is 5.78 Å². The van der Waals surface area contributed by atoms with E-state index in [1.165, 1.54) is 0 Å². The number of carbonyl (C=O) groups is 1. The van der Waals surface area contributed by atoms with Crippen molar-refractivity contribution >= 4 is 5.78 Å². The molecule has 2 rings (SSSR count). The van der Waals surface area contributed by atoms with Crippen molar-refractivity contribution in [3.05, 3.63) is 0 Å². The summed E-state index contributed by atoms with van der Waals surface area (Å²) >= 11 is 0. The second-order valence-corrected chi connectivity index (χ2v) is 5.06. The smallest absolute Gasteiger partial charge is 0.139 e. The number of hydrogen-bond donors (Lipinski definition) is 1. The minimum absolute atomic E-state index is 0.00347. The molecule has 0 aliphatic heterocycles. The van der Waals surface area contributed by atoms with E-state index in [9.17, 15) is 9.90 Å². The molecule has 2 aliphatic rings. The first kappa shape index (κ1) is 8.24. The number of fused-ring (bicyclic) bond motifs is 2. The Morgan fingerprint density at radius 3 is 2.25 bits per heavy atom. The maximum Gasteiger partial charge on any atom is 0.139 e. The fourth-order valence-electron chi connectivity index (χ4n) is 3.00. The molecule has 0 spiro atoms. The zero-order valence-corrected chi connectivity index (χ0v) is 7.92. The molecule has 0 aromatic heterocycles. The van der Waals surface area contributed by atoms with E-state index in [4.69, 9.17) is 0 Å². The SMILES string of the molecule is CC1(C)[C@H]2CC(=O)[C@]1(C)CC2O. The van der Waals surface area contributed by atoms with Gasteiger partial charge in [-0.25, -0.2) is 0 Å². The highest BCUT2D eigenvalue weighted by Crippen LogP contribution is 2.63. The Kier molecular flexibility index (Phi) is 1.32. The second-order valence-electron chi connectivity index (χ2n) is 5.06. The number of carbonyl (C=O) groups excluding carboxylic acids is 1. The van der Waals surface area contributed by atoms with Crippen LogP contribution >= 0.6 is 0 Å². The van der Waals surface area contributed by atoms with Crippen LogP contribution in [0.2, 0.25) is 0 Å². The zero-order valence-electron chi connectivity index (χ0n) is 7.92. The van der Waals surface area contributed by atoms with E-state index in [1.807, 2.05) is 6.92 Å². The van der Waals surface area contributed by atoms with Crippen molar-refractivity contribution in [2.45, 2.75) is 39.7 Å². The summed E-state index contributed by atoms with van der Waals surface area (Å²) in [4.78, 5) is 11.6. The van der Waals surface area contributed by atoms with Gasteiger partial charge in [-0.05, 0) is 17.8 Å². The first-order valence-corrected chi connectivity index (χ1v) is 4.61. The van der Waals surface area contributed by atoms with Crippen molar-refractivity contribution in [1.82, 2.24) is 0 Å². The molecule has 0 aromatic carbocycles. The maximum atomic E-state index is 11.6. The number of aliphatic hydroxyl groups is 1. The first-order chi connectivity index (χ1) is 5.39. The van der Waals surface area contributed by atoms with Crippen molar-refractivity contribution in [3.8, 4) is 0 Å². The van der Waals surface area contributed by atoms with Gasteiger partial charge in [-0.15, -0.1) is 0 Å². The van der Waals surface area contributed by atoms with Crippen LogP contribution < -0.4 is 0 Å². The van der Waals surface area contributed by atoms with Crippen molar-refractivity contribution in [1.29, 1.82) is 0 Å². The minimum Gasteiger partial charge on any atom is -0.393 e. The topological polar surface area (TPSA) is 37.3 Å². The predicted octanol–water partition coefficient (Wildman–Crippen LogP) is 1.37. The van der Waals surface area contributed by atoms with Crippen LogP contribution in [0.1, 0.15) is 33.6 Å². The summed E-state index contributed by atoms with van der Waals surface area (Å²) in [5.74, 6) is 0.554. The molecule has 2 nitrogen and oxygen atoms in total. The van der Waals surface area contributed by atoms with Crippen LogP contribution in [-0.4, -0.2) is 17.0 Å². The average molecular weight is 168 g/mol. The van der Waals surface area contributed by atoms with Crippen LogP contribution in [0.4, 0.5) is 0 Å². The first-order valence-electron chi connectivity index (χ1n) is 4.61. The monoisotopic (exact) mass is 168 g/mol. The summed E-state index contributed by atoms with van der Waals surface area (Å²) in [6.45, 7) is 6.23. The highest BCUT2D eigenvalue weighted by molar-refractivity contribution is 5.89. The van der Waals surface area contributed by atoms with Crippen LogP contribution in [0.25, 0.3) is 0 Å². The largest absolute Gasteiger partial charge is 0.393 e. The molecular weight excluding hydrogens is 152 g/mol. The summed E-state index contributed by atoms with van der Waals surface area (Å²) in [7, 11) is 0. The second kappa shape index (κ2) is 1.92. The highest BCUT2D eigenvalue weighted by Gasteiger charge is 2.65. The normalized spacial score (nSPS) is 50.2. The summed E-state index contributed by atoms with van der Waals surface area (Å²) in [5.41, 5.74) is -0.249. The van der Waals surface area contributed by atoms with Crippen LogP contribution in [-0.2, 0) is 4.79 Å². The van der Waals surface area contributed by atoms with Gasteiger partial charge in [0.25, 0.3) is 0 Å². The van der Waals surface area contributed by atoms with Gasteiger partial charge in [0, 0.05) is 11.8 Å². The van der Waals surface area contributed by atoms with Gasteiger partial charge in [-0.2, -0.15) is 0 Å². The van der Waals surface area contributed by atoms with Gasteiger partial charge in [-0.3, -0.25) is 4.79 Å². The molecule has 2 fully saturated rings. The molecule has 12 heavy (non-hydrogen) atoms. The lowest BCUT2D eigenvalue weighted by Gasteiger charge is -2.31. The Morgan fingerprint density at radius 1 is 1.42 bits per heavy atom. The van der Waals surface area contributed by atoms with Gasteiger partial charge >= 0.3 is 0 Å². The van der Waals surface area contributed by atoms with Gasteiger partial charge < -0.3 is 5.11 Å². The maximum absolute atomic E-state index is 11.6. The minimum atomic E-state index is -0.253. The Morgan fingerprint density at radius 2 is 2.00 bits per heavy atom. The fraction of sp³-hybridized carbons (Fsp3) is 0.900. The van der Waals surface area contributed by atoms with Crippen LogP contribution in [0.15, 0.2) is 0 Å². The summed E-state index contributed by atoms with van der Waals surface area (Å²) in [5, 5.41) is 9.69. The number of aliphatic hydroxyl groups excluding tert-OH is 1. The summed E-state index contributed by atoms with van der Waals surface area (Å²) < 4.78 is 0. The quantitative estimate of drug-likeness (QED) is 0.593. The summed E-state index contributed by atoms with van der Waals surface area (Å²) in [6, 6.07) is 0. The Bertz CT molecular complexity index is 244. The van der Waals surface area contributed by atoms with E-state index >= 15 is 0 Å². The molecule has 3 atom stereocenters. The Balaban J connectivity index is 2.47. The predicted molar refractivity (Wildman–Crippen MR) is 45.6 cm³/mol. The number of ketones is 1. The van der Waals surface area contributed by atoms with Crippen molar-refractivity contribution in [2.75, 3.05) is 0 Å². The summed E-state index contributed by atoms with van der Waals surface area (Å²) in [6.07, 6.45) is 1.01. The Hall–Kier alpha value is -0.370. The number of Topliss-reactive ketones (excluding diaryl/α,β-unsaturated/α-hetero) is 1. The van der Waals surface area contributed by atoms with Crippen molar-refractivity contribution in [2.24, 2.45) is 16.7 Å². The molecule has 2 bridgehead atoms. The third-order valence-electron chi connectivity index (χ3n) is 4.45. The van der Waals surface area contributed by atoms with Gasteiger partial charge in [-0.1, -0.05) is 20.8 Å². The molecule has 0 aromatic rings. The third-order valence-corrected chi connectivity index (χ3v) is 4.45. The van der Waals surface area contributed by atoms with E-state index in [2.05, 4.69) is 13.8 Å². The lowest BCUT2D eigenvalue weighted by atomic mass is 9.70. The van der Waals surface area contributed by atoms with Crippen LogP contribution in [0.3, 0.4) is 0 Å². The molecule has 2 aliphatic carbocycles. The van der Waals surface area contributed by atoms with Crippen molar-refractivity contribution < 1.29 is 9.90 Å². The molecule has 2 saturated carbocycles. The molecule has 0 radical (unpaired) electrons. The lowest BCUT2D eigenvalue weighted by molar-refractivity contribution is -0.129. The number of hydrogen-bond acceptors (Lipinski definition) is 2. The molecule has 0 heterocycles. The number of rotatable bonds is 0. The molecule has 68 valence electrons. The van der Waals surface area contributed by atoms with E-state index in [1.54, 1.807) is 0 Å². The lowest BCUT2D eigenvalue weighted by Crippen LogP contribution is -2.32. The zero-order chi connectivity index (χ0) is 9.15. The molecule has 0 amide bonds. The van der Waals surface area contributed by atoms with Gasteiger partial charge in [0.2, 0.25) is 0 Å². The van der Waals surface area contributed by atoms with Crippen LogP contribution in [0, 0.1) is 16.7 Å². The van der Waals surface area contributed by atoms with E-state index in [-0.39, 0.29) is 22.9 Å². The van der Waals surface area contributed by atoms with Crippen molar-refractivity contribution in [3.63, 3.8) is 0 Å². The third kappa shape index (κ3) is 0.634. The molecule has 1 N–H and O–H groups in total. The van der Waals surface area contributed by atoms with E-state index in [0.717, 1.165) is 0 Å². The van der Waals surface area contributed by atoms with E-state index in [0.29, 0.717) is 18.6 Å². The average Bonchev–Trinajstić information content (AvgIpc) is 2.18. The molecular formula is C10H16O2. The molecule has 2 heteroatoms. The van der Waals surface area contributed by atoms with Crippen LogP contribution in [0.5, 0.6) is 0 Å². The van der Waals surface area contributed by atoms with Gasteiger partial charge in [0.05, 0.1) is 6.10 Å². The van der Waals surface area contributed by atoms with Gasteiger partial charge in [0.15, 0.2) is 0 Å².